The zero-order chi connectivity index (χ0) is 33.3. The second kappa shape index (κ2) is 12.4. The third-order valence-corrected chi connectivity index (χ3v) is 7.22. The summed E-state index contributed by atoms with van der Waals surface area (Å²) in [6.07, 6.45) is -6.97. The third kappa shape index (κ3) is 7.75. The van der Waals surface area contributed by atoms with Crippen LogP contribution in [0.1, 0.15) is 50.4 Å². The normalized spacial score (nSPS) is 15.7. The van der Waals surface area contributed by atoms with Gasteiger partial charge in [-0.1, -0.05) is 26.0 Å². The molecule has 9 nitrogen and oxygen atoms in total. The quantitative estimate of drug-likeness (QED) is 0.158. The summed E-state index contributed by atoms with van der Waals surface area (Å²) in [5.74, 6) is -3.40. The molecular weight excluding hydrogens is 608 g/mol. The molecule has 2 aromatic carbocycles. The van der Waals surface area contributed by atoms with Crippen LogP contribution in [-0.4, -0.2) is 50.9 Å². The zero-order valence-electron chi connectivity index (χ0n) is 24.2. The van der Waals surface area contributed by atoms with E-state index in [0.717, 1.165) is 22.3 Å². The Kier molecular flexibility index (Phi) is 9.20. The van der Waals surface area contributed by atoms with Crippen LogP contribution in [0.15, 0.2) is 47.1 Å². The minimum absolute atomic E-state index is 0.0467. The number of aliphatic carboxylic acids is 1. The number of rotatable bonds is 8. The number of aromatic amines is 1. The van der Waals surface area contributed by atoms with Crippen LogP contribution in [0, 0.1) is 24.2 Å². The molecule has 4 N–H and O–H groups in total. The molecule has 2 atom stereocenters. The standard InChI is InChI=1S/C28H28F3N5O2.C2HF3O2/c1-15(2)10-21(26(37)36-27(13-32)8-9-27)35-25(28(29,30)31)18-4-6-19-20-11-17(24-16(3)33-14-34-24)5-7-22(20)38-23(19)12-18;3-2(4,5)1(6)7/h4-7,11-12,14-15,21,25,35H,8-10H2,1-3H3,(H,33,34)(H,36,37);(H,6,7). The van der Waals surface area contributed by atoms with E-state index in [9.17, 15) is 36.4 Å². The molecule has 1 aliphatic carbocycles. The highest BCUT2D eigenvalue weighted by Gasteiger charge is 2.47. The maximum atomic E-state index is 14.3. The minimum atomic E-state index is -5.08. The average molecular weight is 638 g/mol. The van der Waals surface area contributed by atoms with Gasteiger partial charge in [0.2, 0.25) is 5.91 Å². The Bertz CT molecular complexity index is 1750. The Morgan fingerprint density at radius 3 is 2.27 bits per heavy atom. The number of alkyl halides is 6. The summed E-state index contributed by atoms with van der Waals surface area (Å²) in [4.78, 5) is 29.2. The number of H-pyrrole nitrogens is 1. The van der Waals surface area contributed by atoms with Crippen molar-refractivity contribution in [3.63, 3.8) is 0 Å². The first-order valence-electron chi connectivity index (χ1n) is 13.8. The van der Waals surface area contributed by atoms with Crippen molar-refractivity contribution in [3.05, 3.63) is 54.0 Å². The lowest BCUT2D eigenvalue weighted by Gasteiger charge is -2.29. The Balaban J connectivity index is 0.000000591. The maximum absolute atomic E-state index is 14.3. The van der Waals surface area contributed by atoms with Gasteiger partial charge in [-0.2, -0.15) is 31.6 Å². The number of carbonyl (C=O) groups is 2. The number of nitrogens with zero attached hydrogens (tertiary/aromatic N) is 2. The largest absolute Gasteiger partial charge is 0.490 e. The van der Waals surface area contributed by atoms with Gasteiger partial charge in [0.1, 0.15) is 22.7 Å². The fourth-order valence-corrected chi connectivity index (χ4v) is 4.79. The Hall–Kier alpha value is -4.58. The number of nitrogens with one attached hydrogen (secondary N) is 3. The molecule has 0 spiro atoms. The van der Waals surface area contributed by atoms with Gasteiger partial charge in [-0.3, -0.25) is 10.1 Å². The van der Waals surface area contributed by atoms with Gasteiger partial charge < -0.3 is 19.8 Å². The number of halogens is 6. The monoisotopic (exact) mass is 637 g/mol. The number of imidazole rings is 1. The number of carboxylic acids is 1. The molecule has 15 heteroatoms. The molecule has 1 saturated carbocycles. The summed E-state index contributed by atoms with van der Waals surface area (Å²) in [5.41, 5.74) is 2.40. The summed E-state index contributed by atoms with van der Waals surface area (Å²) >= 11 is 0. The van der Waals surface area contributed by atoms with Crippen LogP contribution < -0.4 is 10.6 Å². The van der Waals surface area contributed by atoms with Crippen LogP contribution in [0.25, 0.3) is 33.2 Å². The number of aryl methyl sites for hydroxylation is 1. The van der Waals surface area contributed by atoms with Crippen molar-refractivity contribution in [1.82, 2.24) is 20.6 Å². The van der Waals surface area contributed by atoms with E-state index in [0.29, 0.717) is 29.4 Å². The number of aromatic nitrogens is 2. The van der Waals surface area contributed by atoms with Gasteiger partial charge in [-0.05, 0) is 61.9 Å². The lowest BCUT2D eigenvalue weighted by molar-refractivity contribution is -0.192. The molecule has 240 valence electrons. The van der Waals surface area contributed by atoms with E-state index in [1.54, 1.807) is 18.5 Å². The van der Waals surface area contributed by atoms with Crippen molar-refractivity contribution in [1.29, 1.82) is 5.26 Å². The SMILES string of the molecule is Cc1[nH]cnc1-c1ccc2oc3cc(C(NC(CC(C)C)C(=O)NC4(C#N)CC4)C(F)(F)F)ccc3c2c1.O=C(O)C(F)(F)F. The molecule has 1 aliphatic rings. The third-order valence-electron chi connectivity index (χ3n) is 7.22. The number of hydrogen-bond donors (Lipinski definition) is 4. The number of nitriles is 1. The summed E-state index contributed by atoms with van der Waals surface area (Å²) in [7, 11) is 0. The van der Waals surface area contributed by atoms with E-state index in [1.165, 1.54) is 12.1 Å². The maximum Gasteiger partial charge on any atom is 0.490 e. The number of carbonyl (C=O) groups excluding carboxylic acids is 1. The van der Waals surface area contributed by atoms with Gasteiger partial charge >= 0.3 is 18.3 Å². The number of hydrogen-bond acceptors (Lipinski definition) is 6. The number of benzene rings is 2. The second-order valence-corrected chi connectivity index (χ2v) is 11.3. The number of carboxylic acid groups (broad SMARTS) is 1. The van der Waals surface area contributed by atoms with Crippen LogP contribution in [0.5, 0.6) is 0 Å². The van der Waals surface area contributed by atoms with Crippen molar-refractivity contribution < 1.29 is 45.5 Å². The predicted octanol–water partition coefficient (Wildman–Crippen LogP) is 6.70. The average Bonchev–Trinajstić information content (AvgIpc) is 3.43. The molecule has 0 bridgehead atoms. The topological polar surface area (TPSA) is 144 Å². The lowest BCUT2D eigenvalue weighted by atomic mass is 9.98. The van der Waals surface area contributed by atoms with Crippen LogP contribution in [0.3, 0.4) is 0 Å². The first kappa shape index (κ1) is 33.3. The lowest BCUT2D eigenvalue weighted by Crippen LogP contribution is -2.52. The Morgan fingerprint density at radius 2 is 1.76 bits per heavy atom. The van der Waals surface area contributed by atoms with Gasteiger partial charge in [0.05, 0.1) is 24.1 Å². The van der Waals surface area contributed by atoms with Crippen molar-refractivity contribution in [2.75, 3.05) is 0 Å². The number of furan rings is 1. The molecule has 2 heterocycles. The molecule has 2 aromatic heterocycles. The van der Waals surface area contributed by atoms with E-state index >= 15 is 0 Å². The Labute approximate surface area is 252 Å². The van der Waals surface area contributed by atoms with Crippen molar-refractivity contribution in [2.24, 2.45) is 5.92 Å². The highest BCUT2D eigenvalue weighted by molar-refractivity contribution is 6.06. The molecular formula is C30H29F6N5O4. The van der Waals surface area contributed by atoms with Crippen LogP contribution in [0.4, 0.5) is 26.3 Å². The second-order valence-electron chi connectivity index (χ2n) is 11.3. The fourth-order valence-electron chi connectivity index (χ4n) is 4.79. The highest BCUT2D eigenvalue weighted by atomic mass is 19.4. The summed E-state index contributed by atoms with van der Waals surface area (Å²) in [6.45, 7) is 5.58. The van der Waals surface area contributed by atoms with E-state index in [4.69, 9.17) is 14.3 Å². The molecule has 0 saturated heterocycles. The van der Waals surface area contributed by atoms with Gasteiger partial charge in [-0.25, -0.2) is 9.78 Å². The zero-order valence-corrected chi connectivity index (χ0v) is 24.2. The van der Waals surface area contributed by atoms with E-state index in [1.807, 2.05) is 32.9 Å². The molecule has 1 amide bonds. The van der Waals surface area contributed by atoms with Gasteiger partial charge in [0.25, 0.3) is 0 Å². The summed E-state index contributed by atoms with van der Waals surface area (Å²) in [6, 6.07) is 8.79. The smallest absolute Gasteiger partial charge is 0.475 e. The highest BCUT2D eigenvalue weighted by Crippen LogP contribution is 2.39. The molecule has 0 radical (unpaired) electrons. The first-order valence-corrected chi connectivity index (χ1v) is 13.8. The summed E-state index contributed by atoms with van der Waals surface area (Å²) < 4.78 is 80.7. The van der Waals surface area contributed by atoms with E-state index in [2.05, 4.69) is 26.7 Å². The van der Waals surface area contributed by atoms with Crippen LogP contribution >= 0.6 is 0 Å². The van der Waals surface area contributed by atoms with E-state index < -0.39 is 41.9 Å². The fraction of sp³-hybridized carbons (Fsp3) is 0.400. The van der Waals surface area contributed by atoms with Crippen molar-refractivity contribution >= 4 is 33.8 Å². The van der Waals surface area contributed by atoms with Crippen molar-refractivity contribution in [2.45, 2.75) is 70.0 Å². The van der Waals surface area contributed by atoms with Crippen LogP contribution in [0.2, 0.25) is 0 Å². The molecule has 45 heavy (non-hydrogen) atoms. The minimum Gasteiger partial charge on any atom is -0.475 e. The number of amides is 1. The number of fused-ring (bicyclic) bond motifs is 3. The van der Waals surface area contributed by atoms with Crippen LogP contribution in [-0.2, 0) is 9.59 Å². The van der Waals surface area contributed by atoms with Gasteiger partial charge in [0, 0.05) is 22.0 Å². The molecule has 1 fully saturated rings. The predicted molar refractivity (Wildman–Crippen MR) is 151 cm³/mol. The van der Waals surface area contributed by atoms with Crippen molar-refractivity contribution in [3.8, 4) is 17.3 Å². The van der Waals surface area contributed by atoms with Gasteiger partial charge in [0.15, 0.2) is 0 Å². The Morgan fingerprint density at radius 1 is 1.09 bits per heavy atom. The molecule has 2 unspecified atom stereocenters. The molecule has 4 aromatic rings. The molecule has 5 rings (SSSR count). The molecule has 0 aliphatic heterocycles. The first-order chi connectivity index (χ1) is 20.9. The summed E-state index contributed by atoms with van der Waals surface area (Å²) in [5, 5.41) is 23.1. The van der Waals surface area contributed by atoms with Gasteiger partial charge in [-0.15, -0.1) is 0 Å². The van der Waals surface area contributed by atoms with E-state index in [-0.39, 0.29) is 17.9 Å².